The Morgan fingerprint density at radius 2 is 1.84 bits per heavy atom. The van der Waals surface area contributed by atoms with Crippen molar-refractivity contribution < 1.29 is 18.3 Å². The van der Waals surface area contributed by atoms with Crippen LogP contribution in [0.4, 0.5) is 8.78 Å². The number of ether oxygens (including phenoxy) is 1. The molecule has 4 heteroatoms. The maximum absolute atomic E-state index is 13.7. The van der Waals surface area contributed by atoms with Crippen LogP contribution in [-0.2, 0) is 6.61 Å². The Hall–Kier alpha value is -2.23. The van der Waals surface area contributed by atoms with Crippen LogP contribution in [-0.4, -0.2) is 5.78 Å². The van der Waals surface area contributed by atoms with Crippen LogP contribution in [0.15, 0.2) is 42.5 Å². The minimum absolute atomic E-state index is 0.0894. The lowest BCUT2D eigenvalue weighted by Crippen LogP contribution is -2.05. The summed E-state index contributed by atoms with van der Waals surface area (Å²) in [5.74, 6) is -2.32. The maximum Gasteiger partial charge on any atom is 0.168 e. The van der Waals surface area contributed by atoms with Crippen LogP contribution in [0.2, 0.25) is 0 Å². The van der Waals surface area contributed by atoms with E-state index in [0.717, 1.165) is 11.6 Å². The van der Waals surface area contributed by atoms with Crippen LogP contribution in [0.1, 0.15) is 22.8 Å². The first kappa shape index (κ1) is 13.2. The second kappa shape index (κ2) is 5.61. The molecule has 0 fully saturated rings. The maximum atomic E-state index is 13.7. The standard InChI is InChI=1S/C15H12F2O2/c1-10(18)13-7-12(16)8-14(17)15(13)19-9-11-5-3-2-4-6-11/h2-8H,9H2,1H3. The molecule has 0 amide bonds. The molecule has 0 bridgehead atoms. The number of halogens is 2. The zero-order valence-electron chi connectivity index (χ0n) is 10.3. The highest BCUT2D eigenvalue weighted by atomic mass is 19.1. The first-order valence-electron chi connectivity index (χ1n) is 5.74. The van der Waals surface area contributed by atoms with Gasteiger partial charge in [-0.1, -0.05) is 30.3 Å². The highest BCUT2D eigenvalue weighted by Crippen LogP contribution is 2.25. The van der Waals surface area contributed by atoms with Gasteiger partial charge in [0, 0.05) is 6.07 Å². The van der Waals surface area contributed by atoms with Crippen molar-refractivity contribution in [3.8, 4) is 5.75 Å². The van der Waals surface area contributed by atoms with Crippen molar-refractivity contribution in [1.29, 1.82) is 0 Å². The quantitative estimate of drug-likeness (QED) is 0.784. The zero-order chi connectivity index (χ0) is 13.8. The summed E-state index contributed by atoms with van der Waals surface area (Å²) in [6.07, 6.45) is 0. The van der Waals surface area contributed by atoms with Crippen LogP contribution in [0.3, 0.4) is 0 Å². The van der Waals surface area contributed by atoms with Gasteiger partial charge in [0.05, 0.1) is 5.56 Å². The lowest BCUT2D eigenvalue weighted by Gasteiger charge is -2.11. The van der Waals surface area contributed by atoms with Gasteiger partial charge in [-0.05, 0) is 18.6 Å². The molecular formula is C15H12F2O2. The molecule has 0 aliphatic heterocycles. The van der Waals surface area contributed by atoms with Gasteiger partial charge in [0.2, 0.25) is 0 Å². The predicted octanol–water partition coefficient (Wildman–Crippen LogP) is 3.75. The van der Waals surface area contributed by atoms with E-state index in [1.54, 1.807) is 0 Å². The molecular weight excluding hydrogens is 250 g/mol. The third-order valence-electron chi connectivity index (χ3n) is 2.61. The van der Waals surface area contributed by atoms with Crippen LogP contribution < -0.4 is 4.74 Å². The molecule has 98 valence electrons. The van der Waals surface area contributed by atoms with Gasteiger partial charge < -0.3 is 4.74 Å². The van der Waals surface area contributed by atoms with Gasteiger partial charge in [-0.2, -0.15) is 0 Å². The third-order valence-corrected chi connectivity index (χ3v) is 2.61. The lowest BCUT2D eigenvalue weighted by molar-refractivity contribution is 0.101. The Kier molecular flexibility index (Phi) is 3.90. The predicted molar refractivity (Wildman–Crippen MR) is 67.1 cm³/mol. The zero-order valence-corrected chi connectivity index (χ0v) is 10.3. The van der Waals surface area contributed by atoms with E-state index in [1.165, 1.54) is 6.92 Å². The van der Waals surface area contributed by atoms with Gasteiger partial charge in [-0.25, -0.2) is 8.78 Å². The van der Waals surface area contributed by atoms with E-state index in [4.69, 9.17) is 4.74 Å². The number of carbonyl (C=O) groups is 1. The van der Waals surface area contributed by atoms with Gasteiger partial charge >= 0.3 is 0 Å². The normalized spacial score (nSPS) is 10.3. The molecule has 0 spiro atoms. The van der Waals surface area contributed by atoms with E-state index in [9.17, 15) is 13.6 Å². The molecule has 0 unspecified atom stereocenters. The number of carbonyl (C=O) groups excluding carboxylic acids is 1. The molecule has 0 saturated carbocycles. The lowest BCUT2D eigenvalue weighted by atomic mass is 10.1. The molecule has 0 aromatic heterocycles. The van der Waals surface area contributed by atoms with Crippen molar-refractivity contribution >= 4 is 5.78 Å². The smallest absolute Gasteiger partial charge is 0.168 e. The summed E-state index contributed by atoms with van der Waals surface area (Å²) in [7, 11) is 0. The number of benzene rings is 2. The van der Waals surface area contributed by atoms with Gasteiger partial charge in [0.1, 0.15) is 12.4 Å². The Labute approximate surface area is 109 Å². The van der Waals surface area contributed by atoms with E-state index >= 15 is 0 Å². The van der Waals surface area contributed by atoms with E-state index in [-0.39, 0.29) is 17.9 Å². The Morgan fingerprint density at radius 1 is 1.16 bits per heavy atom. The second-order valence-corrected chi connectivity index (χ2v) is 4.09. The van der Waals surface area contributed by atoms with Crippen molar-refractivity contribution in [3.63, 3.8) is 0 Å². The van der Waals surface area contributed by atoms with Crippen molar-refractivity contribution in [2.45, 2.75) is 13.5 Å². The van der Waals surface area contributed by atoms with Gasteiger partial charge in [-0.3, -0.25) is 4.79 Å². The van der Waals surface area contributed by atoms with E-state index < -0.39 is 17.4 Å². The average molecular weight is 262 g/mol. The molecule has 0 radical (unpaired) electrons. The molecule has 0 aliphatic carbocycles. The van der Waals surface area contributed by atoms with Gasteiger partial charge in [-0.15, -0.1) is 0 Å². The highest BCUT2D eigenvalue weighted by molar-refractivity contribution is 5.96. The Bertz CT molecular complexity index is 595. The molecule has 0 heterocycles. The Balaban J connectivity index is 2.27. The molecule has 2 aromatic rings. The SMILES string of the molecule is CC(=O)c1cc(F)cc(F)c1OCc1ccccc1. The summed E-state index contributed by atoms with van der Waals surface area (Å²) >= 11 is 0. The molecule has 2 nitrogen and oxygen atoms in total. The monoisotopic (exact) mass is 262 g/mol. The van der Waals surface area contributed by atoms with Crippen molar-refractivity contribution in [2.75, 3.05) is 0 Å². The number of Topliss-reactive ketones (excluding diaryl/α,β-unsaturated/α-hetero) is 1. The summed E-state index contributed by atoms with van der Waals surface area (Å²) in [5, 5.41) is 0. The summed E-state index contributed by atoms with van der Waals surface area (Å²) in [5.41, 5.74) is 0.745. The number of hydrogen-bond acceptors (Lipinski definition) is 2. The Morgan fingerprint density at radius 3 is 2.47 bits per heavy atom. The molecule has 0 atom stereocenters. The van der Waals surface area contributed by atoms with E-state index in [2.05, 4.69) is 0 Å². The summed E-state index contributed by atoms with van der Waals surface area (Å²) in [6, 6.07) is 10.8. The third kappa shape index (κ3) is 3.16. The van der Waals surface area contributed by atoms with Crippen LogP contribution in [0.5, 0.6) is 5.75 Å². The molecule has 0 N–H and O–H groups in total. The molecule has 2 rings (SSSR count). The molecule has 2 aromatic carbocycles. The molecule has 19 heavy (non-hydrogen) atoms. The number of rotatable bonds is 4. The highest BCUT2D eigenvalue weighted by Gasteiger charge is 2.16. The largest absolute Gasteiger partial charge is 0.485 e. The topological polar surface area (TPSA) is 26.3 Å². The van der Waals surface area contributed by atoms with Crippen molar-refractivity contribution in [1.82, 2.24) is 0 Å². The molecule has 0 saturated heterocycles. The summed E-state index contributed by atoms with van der Waals surface area (Å²) in [4.78, 5) is 11.4. The summed E-state index contributed by atoms with van der Waals surface area (Å²) < 4.78 is 32.0. The van der Waals surface area contributed by atoms with Crippen molar-refractivity contribution in [2.24, 2.45) is 0 Å². The van der Waals surface area contributed by atoms with E-state index in [1.807, 2.05) is 30.3 Å². The van der Waals surface area contributed by atoms with Crippen molar-refractivity contribution in [3.05, 3.63) is 65.2 Å². The fourth-order valence-electron chi connectivity index (χ4n) is 1.70. The second-order valence-electron chi connectivity index (χ2n) is 4.09. The molecule has 0 aliphatic rings. The van der Waals surface area contributed by atoms with Crippen LogP contribution >= 0.6 is 0 Å². The average Bonchev–Trinajstić information content (AvgIpc) is 2.38. The fourth-order valence-corrected chi connectivity index (χ4v) is 1.70. The minimum atomic E-state index is -0.874. The van der Waals surface area contributed by atoms with Gasteiger partial charge in [0.15, 0.2) is 17.3 Å². The van der Waals surface area contributed by atoms with Gasteiger partial charge in [0.25, 0.3) is 0 Å². The number of ketones is 1. The first-order chi connectivity index (χ1) is 9.08. The van der Waals surface area contributed by atoms with Crippen LogP contribution in [0.25, 0.3) is 0 Å². The summed E-state index contributed by atoms with van der Waals surface area (Å²) in [6.45, 7) is 1.35. The number of hydrogen-bond donors (Lipinski definition) is 0. The fraction of sp³-hybridized carbons (Fsp3) is 0.133. The minimum Gasteiger partial charge on any atom is -0.485 e. The first-order valence-corrected chi connectivity index (χ1v) is 5.74. The van der Waals surface area contributed by atoms with E-state index in [0.29, 0.717) is 6.07 Å². The van der Waals surface area contributed by atoms with Crippen LogP contribution in [0, 0.1) is 11.6 Å².